The maximum atomic E-state index is 13.7. The molecule has 0 spiro atoms. The van der Waals surface area contributed by atoms with Crippen LogP contribution in [0.25, 0.3) is 0 Å². The van der Waals surface area contributed by atoms with Gasteiger partial charge in [-0.05, 0) is 59.7 Å². The fourth-order valence-corrected chi connectivity index (χ4v) is 5.39. The summed E-state index contributed by atoms with van der Waals surface area (Å²) in [6.07, 6.45) is -1.23. The number of aliphatic hydroxyl groups excluding tert-OH is 1. The topological polar surface area (TPSA) is 71.2 Å². The molecule has 33 heavy (non-hydrogen) atoms. The third kappa shape index (κ3) is 3.33. The largest absolute Gasteiger partial charge is 0.416 e. The number of anilines is 1. The zero-order valence-electron chi connectivity index (χ0n) is 18.2. The molecular formula is C24H23F3N4O2. The molecule has 6 nitrogen and oxygen atoms in total. The van der Waals surface area contributed by atoms with E-state index in [4.69, 9.17) is 0 Å². The number of benzene rings is 2. The van der Waals surface area contributed by atoms with E-state index in [1.54, 1.807) is 12.4 Å². The minimum atomic E-state index is -4.62. The summed E-state index contributed by atoms with van der Waals surface area (Å²) < 4.78 is 43.0. The number of fused-ring (bicyclic) bond motifs is 1. The number of rotatable bonds is 4. The first-order valence-electron chi connectivity index (χ1n) is 10.7. The molecule has 1 fully saturated rings. The molecule has 1 amide bonds. The van der Waals surface area contributed by atoms with E-state index in [0.717, 1.165) is 30.3 Å². The molecule has 0 bridgehead atoms. The minimum absolute atomic E-state index is 0.0143. The molecule has 3 aromatic rings. The number of aromatic nitrogens is 3. The van der Waals surface area contributed by atoms with E-state index in [9.17, 15) is 23.1 Å². The Bertz CT molecular complexity index is 1240. The van der Waals surface area contributed by atoms with Crippen LogP contribution in [0.15, 0.2) is 42.7 Å². The van der Waals surface area contributed by atoms with Crippen LogP contribution >= 0.6 is 0 Å². The van der Waals surface area contributed by atoms with Gasteiger partial charge in [0.15, 0.2) is 0 Å². The maximum Gasteiger partial charge on any atom is 0.416 e. The average Bonchev–Trinajstić information content (AvgIpc) is 3.33. The standard InChI is InChI=1S/C24H23F3N4O2/c1-14-9-23(10-14,22-29-28-13-30(22)2)16-4-3-5-17(8-16)31-11-19-18(21(31)33)6-15(12-32)7-20(19)24(25,26)27/h3-8,13-14,32H,9-12H2,1-2H3. The van der Waals surface area contributed by atoms with Crippen molar-refractivity contribution in [2.75, 3.05) is 4.90 Å². The average molecular weight is 456 g/mol. The highest BCUT2D eigenvalue weighted by atomic mass is 19.4. The van der Waals surface area contributed by atoms with Crippen molar-refractivity contribution in [2.45, 2.75) is 44.5 Å². The molecule has 2 aliphatic rings. The molecule has 2 heterocycles. The molecule has 172 valence electrons. The molecular weight excluding hydrogens is 433 g/mol. The summed E-state index contributed by atoms with van der Waals surface area (Å²) in [5, 5.41) is 17.8. The molecule has 1 aromatic heterocycles. The Hall–Kier alpha value is -3.20. The lowest BCUT2D eigenvalue weighted by Gasteiger charge is -2.46. The zero-order valence-corrected chi connectivity index (χ0v) is 18.2. The van der Waals surface area contributed by atoms with E-state index in [0.29, 0.717) is 11.6 Å². The van der Waals surface area contributed by atoms with Gasteiger partial charge in [-0.25, -0.2) is 0 Å². The summed E-state index contributed by atoms with van der Waals surface area (Å²) in [6.45, 7) is 1.42. The molecule has 0 radical (unpaired) electrons. The van der Waals surface area contributed by atoms with Crippen LogP contribution in [0.1, 0.15) is 58.2 Å². The summed E-state index contributed by atoms with van der Waals surface area (Å²) in [4.78, 5) is 14.5. The first-order chi connectivity index (χ1) is 15.6. The van der Waals surface area contributed by atoms with Gasteiger partial charge >= 0.3 is 6.18 Å². The fourth-order valence-electron chi connectivity index (χ4n) is 5.39. The van der Waals surface area contributed by atoms with E-state index < -0.39 is 24.3 Å². The van der Waals surface area contributed by atoms with E-state index in [-0.39, 0.29) is 28.7 Å². The van der Waals surface area contributed by atoms with Crippen LogP contribution in [0.2, 0.25) is 0 Å². The Labute approximate surface area is 188 Å². The summed E-state index contributed by atoms with van der Waals surface area (Å²) in [5.41, 5.74) is 0.264. The SMILES string of the molecule is CC1CC(c2cccc(N3Cc4c(cc(CO)cc4C(F)(F)F)C3=O)c2)(c2nncn2C)C1. The number of alkyl halides is 3. The van der Waals surface area contributed by atoms with Gasteiger partial charge in [-0.15, -0.1) is 10.2 Å². The smallest absolute Gasteiger partial charge is 0.392 e. The van der Waals surface area contributed by atoms with Gasteiger partial charge in [-0.3, -0.25) is 4.79 Å². The molecule has 9 heteroatoms. The van der Waals surface area contributed by atoms with Crippen LogP contribution in [-0.2, 0) is 31.8 Å². The van der Waals surface area contributed by atoms with Crippen LogP contribution in [0, 0.1) is 5.92 Å². The monoisotopic (exact) mass is 456 g/mol. The summed E-state index contributed by atoms with van der Waals surface area (Å²) in [5.74, 6) is 0.827. The van der Waals surface area contributed by atoms with Crippen LogP contribution in [-0.4, -0.2) is 25.8 Å². The fraction of sp³-hybridized carbons (Fsp3) is 0.375. The van der Waals surface area contributed by atoms with Gasteiger partial charge in [0.25, 0.3) is 5.91 Å². The molecule has 1 saturated carbocycles. The second-order valence-electron chi connectivity index (χ2n) is 9.13. The first-order valence-corrected chi connectivity index (χ1v) is 10.7. The quantitative estimate of drug-likeness (QED) is 0.639. The number of aliphatic hydroxyl groups is 1. The second kappa shape index (κ2) is 7.41. The number of halogens is 3. The highest BCUT2D eigenvalue weighted by Crippen LogP contribution is 2.52. The van der Waals surface area contributed by atoms with Crippen LogP contribution in [0.3, 0.4) is 0 Å². The number of hydrogen-bond acceptors (Lipinski definition) is 4. The van der Waals surface area contributed by atoms with Gasteiger partial charge in [0, 0.05) is 18.3 Å². The van der Waals surface area contributed by atoms with Gasteiger partial charge in [0.05, 0.1) is 24.1 Å². The molecule has 2 aromatic carbocycles. The van der Waals surface area contributed by atoms with Crippen molar-refractivity contribution in [1.82, 2.24) is 14.8 Å². The van der Waals surface area contributed by atoms with Crippen LogP contribution < -0.4 is 4.90 Å². The number of carbonyl (C=O) groups excluding carboxylic acids is 1. The highest BCUT2D eigenvalue weighted by molar-refractivity contribution is 6.10. The number of carbonyl (C=O) groups is 1. The van der Waals surface area contributed by atoms with Gasteiger partial charge in [-0.2, -0.15) is 13.2 Å². The first kappa shape index (κ1) is 21.6. The van der Waals surface area contributed by atoms with Crippen molar-refractivity contribution in [3.63, 3.8) is 0 Å². The predicted molar refractivity (Wildman–Crippen MR) is 115 cm³/mol. The number of amides is 1. The minimum Gasteiger partial charge on any atom is -0.392 e. The highest BCUT2D eigenvalue weighted by Gasteiger charge is 2.48. The molecule has 0 unspecified atom stereocenters. The summed E-state index contributed by atoms with van der Waals surface area (Å²) in [7, 11) is 1.89. The summed E-state index contributed by atoms with van der Waals surface area (Å²) in [6, 6.07) is 9.69. The van der Waals surface area contributed by atoms with Crippen molar-refractivity contribution >= 4 is 11.6 Å². The molecule has 0 saturated heterocycles. The Morgan fingerprint density at radius 1 is 1.21 bits per heavy atom. The molecule has 1 N–H and O–H groups in total. The Morgan fingerprint density at radius 2 is 1.97 bits per heavy atom. The molecule has 0 atom stereocenters. The van der Waals surface area contributed by atoms with E-state index in [2.05, 4.69) is 17.1 Å². The zero-order chi connectivity index (χ0) is 23.5. The van der Waals surface area contributed by atoms with Crippen molar-refractivity contribution in [1.29, 1.82) is 0 Å². The predicted octanol–water partition coefficient (Wildman–Crippen LogP) is 4.20. The van der Waals surface area contributed by atoms with E-state index >= 15 is 0 Å². The third-order valence-electron chi connectivity index (χ3n) is 6.83. The maximum absolute atomic E-state index is 13.7. The van der Waals surface area contributed by atoms with Crippen LogP contribution in [0.5, 0.6) is 0 Å². The number of aryl methyl sites for hydroxylation is 1. The van der Waals surface area contributed by atoms with Gasteiger partial charge in [-0.1, -0.05) is 19.1 Å². The lowest BCUT2D eigenvalue weighted by atomic mass is 9.58. The Morgan fingerprint density at radius 3 is 2.58 bits per heavy atom. The van der Waals surface area contributed by atoms with E-state index in [1.165, 1.54) is 11.0 Å². The third-order valence-corrected chi connectivity index (χ3v) is 6.83. The number of nitrogens with zero attached hydrogens (tertiary/aromatic N) is 4. The van der Waals surface area contributed by atoms with Crippen molar-refractivity contribution in [3.05, 3.63) is 76.4 Å². The van der Waals surface area contributed by atoms with Crippen molar-refractivity contribution < 1.29 is 23.1 Å². The van der Waals surface area contributed by atoms with Gasteiger partial charge < -0.3 is 14.6 Å². The summed E-state index contributed by atoms with van der Waals surface area (Å²) >= 11 is 0. The Kier molecular flexibility index (Phi) is 4.86. The lowest BCUT2D eigenvalue weighted by molar-refractivity contribution is -0.138. The van der Waals surface area contributed by atoms with Gasteiger partial charge in [0.2, 0.25) is 0 Å². The van der Waals surface area contributed by atoms with Crippen LogP contribution in [0.4, 0.5) is 18.9 Å². The molecule has 1 aliphatic heterocycles. The van der Waals surface area contributed by atoms with Crippen molar-refractivity contribution in [2.24, 2.45) is 13.0 Å². The normalized spacial score (nSPS) is 22.4. The lowest BCUT2D eigenvalue weighted by Crippen LogP contribution is -2.43. The molecule has 5 rings (SSSR count). The Balaban J connectivity index is 1.56. The number of hydrogen-bond donors (Lipinski definition) is 1. The second-order valence-corrected chi connectivity index (χ2v) is 9.13. The van der Waals surface area contributed by atoms with E-state index in [1.807, 2.05) is 29.8 Å². The van der Waals surface area contributed by atoms with Gasteiger partial charge in [0.1, 0.15) is 12.2 Å². The van der Waals surface area contributed by atoms with Crippen molar-refractivity contribution in [3.8, 4) is 0 Å². The molecule has 1 aliphatic carbocycles.